The molecule has 1 aromatic carbocycles. The molecular weight excluding hydrogens is 338 g/mol. The van der Waals surface area contributed by atoms with Gasteiger partial charge in [-0.2, -0.15) is 0 Å². The van der Waals surface area contributed by atoms with E-state index >= 15 is 0 Å². The van der Waals surface area contributed by atoms with Crippen LogP contribution in [-0.4, -0.2) is 33.4 Å². The van der Waals surface area contributed by atoms with Gasteiger partial charge in [0.15, 0.2) is 12.4 Å². The Hall–Kier alpha value is -3.75. The second kappa shape index (κ2) is 6.28. The average Bonchev–Trinajstić information content (AvgIpc) is 2.65. The highest BCUT2D eigenvalue weighted by Crippen LogP contribution is 2.28. The fourth-order valence-electron chi connectivity index (χ4n) is 2.60. The van der Waals surface area contributed by atoms with Gasteiger partial charge in [0, 0.05) is 12.7 Å². The zero-order valence-electron chi connectivity index (χ0n) is 13.4. The predicted molar refractivity (Wildman–Crippen MR) is 91.9 cm³/mol. The number of aromatic amines is 1. The fraction of sp³-hybridized carbons (Fsp3) is 0.118. The molecule has 3 heterocycles. The molecule has 3 N–H and O–H groups in total. The monoisotopic (exact) mass is 351 g/mol. The van der Waals surface area contributed by atoms with Crippen molar-refractivity contribution in [3.8, 4) is 5.75 Å². The zero-order valence-corrected chi connectivity index (χ0v) is 13.4. The van der Waals surface area contributed by atoms with Gasteiger partial charge in [-0.15, -0.1) is 0 Å². The first-order valence-electron chi connectivity index (χ1n) is 7.78. The van der Waals surface area contributed by atoms with E-state index in [1.807, 2.05) is 0 Å². The van der Waals surface area contributed by atoms with Crippen molar-refractivity contribution < 1.29 is 14.3 Å². The smallest absolute Gasteiger partial charge is 0.287 e. The molecule has 9 heteroatoms. The van der Waals surface area contributed by atoms with Gasteiger partial charge in [0.25, 0.3) is 17.4 Å². The molecule has 9 nitrogen and oxygen atoms in total. The van der Waals surface area contributed by atoms with Crippen molar-refractivity contribution in [3.05, 3.63) is 58.4 Å². The predicted octanol–water partition coefficient (Wildman–Crippen LogP) is 0.579. The van der Waals surface area contributed by atoms with Crippen LogP contribution in [0.25, 0.3) is 10.9 Å². The summed E-state index contributed by atoms with van der Waals surface area (Å²) < 4.78 is 5.28. The van der Waals surface area contributed by atoms with E-state index in [1.165, 1.54) is 18.5 Å². The summed E-state index contributed by atoms with van der Waals surface area (Å²) >= 11 is 0. The van der Waals surface area contributed by atoms with Gasteiger partial charge in [0.2, 0.25) is 0 Å². The third-order valence-electron chi connectivity index (χ3n) is 3.85. The van der Waals surface area contributed by atoms with Crippen LogP contribution in [-0.2, 0) is 11.3 Å². The number of hydrogen-bond donors (Lipinski definition) is 3. The Morgan fingerprint density at radius 2 is 2.15 bits per heavy atom. The van der Waals surface area contributed by atoms with Gasteiger partial charge in [-0.05, 0) is 23.8 Å². The molecule has 0 fully saturated rings. The zero-order chi connectivity index (χ0) is 18.1. The summed E-state index contributed by atoms with van der Waals surface area (Å²) in [5, 5.41) is 5.75. The second-order valence-electron chi connectivity index (χ2n) is 5.66. The van der Waals surface area contributed by atoms with Gasteiger partial charge in [0.05, 0.1) is 22.8 Å². The SMILES string of the molecule is O=C1COc2ccc(CNC(=O)c3nc4cnccc4c(=O)[nH]3)cc2N1. The lowest BCUT2D eigenvalue weighted by atomic mass is 10.1. The Kier molecular flexibility index (Phi) is 3.81. The van der Waals surface area contributed by atoms with Crippen molar-refractivity contribution in [1.29, 1.82) is 0 Å². The van der Waals surface area contributed by atoms with E-state index < -0.39 is 11.5 Å². The van der Waals surface area contributed by atoms with Crippen LogP contribution in [0, 0.1) is 0 Å². The maximum atomic E-state index is 12.3. The van der Waals surface area contributed by atoms with E-state index in [9.17, 15) is 14.4 Å². The van der Waals surface area contributed by atoms with E-state index in [2.05, 4.69) is 25.6 Å². The molecule has 0 saturated carbocycles. The number of carbonyl (C=O) groups is 2. The number of H-pyrrole nitrogens is 1. The van der Waals surface area contributed by atoms with Crippen LogP contribution in [0.4, 0.5) is 5.69 Å². The van der Waals surface area contributed by atoms with Crippen LogP contribution in [0.15, 0.2) is 41.5 Å². The van der Waals surface area contributed by atoms with Crippen LogP contribution in [0.2, 0.25) is 0 Å². The lowest BCUT2D eigenvalue weighted by Gasteiger charge is -2.18. The maximum absolute atomic E-state index is 12.3. The van der Waals surface area contributed by atoms with Gasteiger partial charge >= 0.3 is 0 Å². The van der Waals surface area contributed by atoms with Crippen molar-refractivity contribution in [3.63, 3.8) is 0 Å². The van der Waals surface area contributed by atoms with Crippen molar-refractivity contribution in [1.82, 2.24) is 20.3 Å². The van der Waals surface area contributed by atoms with Gasteiger partial charge in [-0.25, -0.2) is 4.98 Å². The first-order chi connectivity index (χ1) is 12.6. The molecule has 0 atom stereocenters. The molecule has 1 aliphatic heterocycles. The average molecular weight is 351 g/mol. The van der Waals surface area contributed by atoms with Crippen LogP contribution >= 0.6 is 0 Å². The molecule has 130 valence electrons. The number of pyridine rings is 1. The Labute approximate surface area is 146 Å². The molecule has 0 saturated heterocycles. The Morgan fingerprint density at radius 1 is 1.27 bits per heavy atom. The van der Waals surface area contributed by atoms with Gasteiger partial charge in [-0.1, -0.05) is 6.07 Å². The minimum absolute atomic E-state index is 0.0149. The number of nitrogens with zero attached hydrogens (tertiary/aromatic N) is 2. The highest BCUT2D eigenvalue weighted by molar-refractivity contribution is 5.95. The molecule has 1 aliphatic rings. The number of aromatic nitrogens is 3. The van der Waals surface area contributed by atoms with Crippen molar-refractivity contribution in [2.24, 2.45) is 0 Å². The summed E-state index contributed by atoms with van der Waals surface area (Å²) in [5.74, 6) is -0.270. The highest BCUT2D eigenvalue weighted by atomic mass is 16.5. The Morgan fingerprint density at radius 3 is 3.04 bits per heavy atom. The van der Waals surface area contributed by atoms with Crippen LogP contribution in [0.5, 0.6) is 5.75 Å². The molecule has 0 unspecified atom stereocenters. The second-order valence-corrected chi connectivity index (χ2v) is 5.66. The highest BCUT2D eigenvalue weighted by Gasteiger charge is 2.16. The number of ether oxygens (including phenoxy) is 1. The summed E-state index contributed by atoms with van der Waals surface area (Å²) in [5.41, 5.74) is 1.25. The summed E-state index contributed by atoms with van der Waals surface area (Å²) in [4.78, 5) is 46.2. The van der Waals surface area contributed by atoms with Crippen LogP contribution in [0.1, 0.15) is 16.2 Å². The molecule has 2 amide bonds. The van der Waals surface area contributed by atoms with Gasteiger partial charge in [-0.3, -0.25) is 19.4 Å². The maximum Gasteiger partial charge on any atom is 0.287 e. The minimum atomic E-state index is -0.522. The first-order valence-corrected chi connectivity index (χ1v) is 7.78. The van der Waals surface area contributed by atoms with Crippen LogP contribution in [0.3, 0.4) is 0 Å². The Bertz CT molecular complexity index is 1090. The lowest BCUT2D eigenvalue weighted by Crippen LogP contribution is -2.28. The standard InChI is InChI=1S/C17H13N5O4/c23-14-8-26-13-2-1-9(5-11(13)20-14)6-19-17(25)15-21-12-7-18-4-3-10(12)16(24)22-15/h1-5,7H,6,8H2,(H,19,25)(H,20,23)(H,21,22,24). The first kappa shape index (κ1) is 15.8. The van der Waals surface area contributed by atoms with E-state index in [0.29, 0.717) is 22.3 Å². The summed E-state index contributed by atoms with van der Waals surface area (Å²) in [7, 11) is 0. The number of benzene rings is 1. The van der Waals surface area contributed by atoms with Crippen molar-refractivity contribution in [2.45, 2.75) is 6.54 Å². The largest absolute Gasteiger partial charge is 0.482 e. The molecule has 2 aromatic heterocycles. The molecule has 0 spiro atoms. The third kappa shape index (κ3) is 2.97. The van der Waals surface area contributed by atoms with Gasteiger partial charge < -0.3 is 20.4 Å². The fourth-order valence-corrected chi connectivity index (χ4v) is 2.60. The lowest BCUT2D eigenvalue weighted by molar-refractivity contribution is -0.118. The van der Waals surface area contributed by atoms with E-state index in [4.69, 9.17) is 4.74 Å². The summed E-state index contributed by atoms with van der Waals surface area (Å²) in [6, 6.07) is 6.74. The number of nitrogens with one attached hydrogen (secondary N) is 3. The van der Waals surface area contributed by atoms with E-state index in [0.717, 1.165) is 5.56 Å². The summed E-state index contributed by atoms with van der Waals surface area (Å²) in [6.07, 6.45) is 2.91. The Balaban J connectivity index is 1.52. The topological polar surface area (TPSA) is 126 Å². The third-order valence-corrected chi connectivity index (χ3v) is 3.85. The minimum Gasteiger partial charge on any atom is -0.482 e. The summed E-state index contributed by atoms with van der Waals surface area (Å²) in [6.45, 7) is 0.176. The number of anilines is 1. The molecule has 0 radical (unpaired) electrons. The quantitative estimate of drug-likeness (QED) is 0.634. The molecular formula is C17H13N5O4. The number of carbonyl (C=O) groups excluding carboxylic acids is 2. The molecule has 0 bridgehead atoms. The normalized spacial score (nSPS) is 12.8. The van der Waals surface area contributed by atoms with Crippen LogP contribution < -0.4 is 20.9 Å². The molecule has 0 aliphatic carbocycles. The van der Waals surface area contributed by atoms with E-state index in [-0.39, 0.29) is 24.9 Å². The molecule has 26 heavy (non-hydrogen) atoms. The van der Waals surface area contributed by atoms with Crippen molar-refractivity contribution >= 4 is 28.4 Å². The number of hydrogen-bond acceptors (Lipinski definition) is 6. The molecule has 3 aromatic rings. The number of fused-ring (bicyclic) bond motifs is 2. The number of rotatable bonds is 3. The number of amides is 2. The van der Waals surface area contributed by atoms with E-state index in [1.54, 1.807) is 18.2 Å². The van der Waals surface area contributed by atoms with Crippen molar-refractivity contribution in [2.75, 3.05) is 11.9 Å². The molecule has 4 rings (SSSR count). The van der Waals surface area contributed by atoms with Gasteiger partial charge in [0.1, 0.15) is 5.75 Å².